The molecule has 2 N–H and O–H groups in total. The Balaban J connectivity index is 2.35. The number of benzene rings is 2. The molecule has 6 heteroatoms. The number of rotatable bonds is 4. The van der Waals surface area contributed by atoms with E-state index in [9.17, 15) is 18.3 Å². The van der Waals surface area contributed by atoms with Gasteiger partial charge in [0.25, 0.3) is 10.0 Å². The van der Waals surface area contributed by atoms with Crippen molar-refractivity contribution in [2.45, 2.75) is 11.8 Å². The molecule has 0 amide bonds. The van der Waals surface area contributed by atoms with Gasteiger partial charge in [-0.1, -0.05) is 18.2 Å². The van der Waals surface area contributed by atoms with E-state index in [0.29, 0.717) is 5.56 Å². The predicted octanol–water partition coefficient (Wildman–Crippen LogP) is 2.40. The van der Waals surface area contributed by atoms with Crippen molar-refractivity contribution in [1.29, 1.82) is 0 Å². The molecule has 2 rings (SSSR count). The molecule has 20 heavy (non-hydrogen) atoms. The molecule has 0 aliphatic carbocycles. The van der Waals surface area contributed by atoms with Crippen molar-refractivity contribution in [1.82, 2.24) is 0 Å². The highest BCUT2D eigenvalue weighted by Crippen LogP contribution is 2.20. The quantitative estimate of drug-likeness (QED) is 0.847. The average Bonchev–Trinajstić information content (AvgIpc) is 2.38. The molecule has 0 spiro atoms. The standard InChI is InChI=1S/C14H13NO4S/c1-10(16)11-4-2-7-14(8-11)20(18,19)15-12-5-3-6-13(17)9-12/h2-9,15,17H,1H3. The Morgan fingerprint density at radius 2 is 1.80 bits per heavy atom. The Labute approximate surface area is 116 Å². The van der Waals surface area contributed by atoms with E-state index in [0.717, 1.165) is 0 Å². The molecule has 0 fully saturated rings. The van der Waals surface area contributed by atoms with Crippen LogP contribution in [0, 0.1) is 0 Å². The van der Waals surface area contributed by atoms with Crippen LogP contribution in [0.1, 0.15) is 17.3 Å². The van der Waals surface area contributed by atoms with E-state index in [2.05, 4.69) is 4.72 Å². The van der Waals surface area contributed by atoms with Gasteiger partial charge < -0.3 is 5.11 Å². The van der Waals surface area contributed by atoms with E-state index in [1.165, 1.54) is 49.4 Å². The van der Waals surface area contributed by atoms with Gasteiger partial charge in [-0.25, -0.2) is 8.42 Å². The molecule has 5 nitrogen and oxygen atoms in total. The highest BCUT2D eigenvalue weighted by molar-refractivity contribution is 7.92. The Bertz CT molecular complexity index is 753. The van der Waals surface area contributed by atoms with Crippen LogP contribution >= 0.6 is 0 Å². The number of carbonyl (C=O) groups excluding carboxylic acids is 1. The van der Waals surface area contributed by atoms with Gasteiger partial charge in [-0.2, -0.15) is 0 Å². The summed E-state index contributed by atoms with van der Waals surface area (Å²) in [5.74, 6) is -0.248. The topological polar surface area (TPSA) is 83.5 Å². The number of phenols is 1. The first kappa shape index (κ1) is 14.1. The van der Waals surface area contributed by atoms with Crippen molar-refractivity contribution < 1.29 is 18.3 Å². The van der Waals surface area contributed by atoms with E-state index in [1.807, 2.05) is 0 Å². The third kappa shape index (κ3) is 3.16. The Morgan fingerprint density at radius 1 is 1.10 bits per heavy atom. The minimum atomic E-state index is -3.80. The van der Waals surface area contributed by atoms with Gasteiger partial charge in [0.15, 0.2) is 5.78 Å². The Morgan fingerprint density at radius 3 is 2.45 bits per heavy atom. The van der Waals surface area contributed by atoms with E-state index < -0.39 is 10.0 Å². The predicted molar refractivity (Wildman–Crippen MR) is 75.4 cm³/mol. The number of hydrogen-bond donors (Lipinski definition) is 2. The van der Waals surface area contributed by atoms with Crippen LogP contribution in [0.15, 0.2) is 53.4 Å². The van der Waals surface area contributed by atoms with Crippen molar-refractivity contribution in [2.24, 2.45) is 0 Å². The summed E-state index contributed by atoms with van der Waals surface area (Å²) in [6.07, 6.45) is 0. The minimum absolute atomic E-state index is 0.00598. The first-order valence-corrected chi connectivity index (χ1v) is 7.30. The molecule has 0 saturated carbocycles. The van der Waals surface area contributed by atoms with Crippen molar-refractivity contribution in [3.63, 3.8) is 0 Å². The largest absolute Gasteiger partial charge is 0.508 e. The molecule has 0 radical (unpaired) electrons. The summed E-state index contributed by atoms with van der Waals surface area (Å²) in [5, 5.41) is 9.32. The van der Waals surface area contributed by atoms with Gasteiger partial charge in [0, 0.05) is 11.6 Å². The molecule has 0 aliphatic heterocycles. The molecular weight excluding hydrogens is 278 g/mol. The lowest BCUT2D eigenvalue weighted by molar-refractivity contribution is 0.101. The number of ketones is 1. The zero-order valence-corrected chi connectivity index (χ0v) is 11.5. The second-order valence-corrected chi connectivity index (χ2v) is 5.92. The molecule has 0 aromatic heterocycles. The fourth-order valence-corrected chi connectivity index (χ4v) is 2.76. The second-order valence-electron chi connectivity index (χ2n) is 4.24. The lowest BCUT2D eigenvalue weighted by atomic mass is 10.2. The van der Waals surface area contributed by atoms with E-state index in [4.69, 9.17) is 0 Å². The van der Waals surface area contributed by atoms with Gasteiger partial charge in [-0.15, -0.1) is 0 Å². The maximum absolute atomic E-state index is 12.2. The van der Waals surface area contributed by atoms with Crippen molar-refractivity contribution in [2.75, 3.05) is 4.72 Å². The van der Waals surface area contributed by atoms with Gasteiger partial charge in [0.2, 0.25) is 0 Å². The summed E-state index contributed by atoms with van der Waals surface area (Å²) in [4.78, 5) is 11.3. The van der Waals surface area contributed by atoms with Crippen LogP contribution in [0.25, 0.3) is 0 Å². The van der Waals surface area contributed by atoms with Crippen molar-refractivity contribution in [3.05, 3.63) is 54.1 Å². The number of anilines is 1. The number of phenolic OH excluding ortho intramolecular Hbond substituents is 1. The van der Waals surface area contributed by atoms with Crippen LogP contribution in [0.4, 0.5) is 5.69 Å². The maximum Gasteiger partial charge on any atom is 0.261 e. The molecule has 2 aromatic rings. The van der Waals surface area contributed by atoms with Crippen LogP contribution in [0.5, 0.6) is 5.75 Å². The summed E-state index contributed by atoms with van der Waals surface area (Å²) >= 11 is 0. The molecule has 0 heterocycles. The molecular formula is C14H13NO4S. The second kappa shape index (κ2) is 5.34. The monoisotopic (exact) mass is 291 g/mol. The molecule has 104 valence electrons. The first-order valence-electron chi connectivity index (χ1n) is 5.81. The molecule has 2 aromatic carbocycles. The van der Waals surface area contributed by atoms with Crippen molar-refractivity contribution in [3.8, 4) is 5.75 Å². The first-order chi connectivity index (χ1) is 9.38. The number of hydrogen-bond acceptors (Lipinski definition) is 4. The number of Topliss-reactive ketones (excluding diaryl/α,β-unsaturated/α-hetero) is 1. The van der Waals surface area contributed by atoms with Crippen LogP contribution in [-0.4, -0.2) is 19.3 Å². The summed E-state index contributed by atoms with van der Waals surface area (Å²) in [6.45, 7) is 1.37. The maximum atomic E-state index is 12.2. The third-order valence-corrected chi connectivity index (χ3v) is 4.03. The van der Waals surface area contributed by atoms with Gasteiger partial charge in [0.05, 0.1) is 10.6 Å². The number of nitrogens with one attached hydrogen (secondary N) is 1. The third-order valence-electron chi connectivity index (χ3n) is 2.65. The smallest absolute Gasteiger partial charge is 0.261 e. The summed E-state index contributed by atoms with van der Waals surface area (Å²) < 4.78 is 26.7. The lowest BCUT2D eigenvalue weighted by Crippen LogP contribution is -2.13. The average molecular weight is 291 g/mol. The molecule has 0 saturated heterocycles. The van der Waals surface area contributed by atoms with E-state index in [1.54, 1.807) is 6.07 Å². The van der Waals surface area contributed by atoms with E-state index >= 15 is 0 Å². The van der Waals surface area contributed by atoms with Gasteiger partial charge in [-0.3, -0.25) is 9.52 Å². The summed E-state index contributed by atoms with van der Waals surface area (Å²) in [6, 6.07) is 11.6. The van der Waals surface area contributed by atoms with Crippen LogP contribution in [0.3, 0.4) is 0 Å². The number of aromatic hydroxyl groups is 1. The molecule has 0 unspecified atom stereocenters. The van der Waals surface area contributed by atoms with Gasteiger partial charge >= 0.3 is 0 Å². The summed E-state index contributed by atoms with van der Waals surface area (Å²) in [5.41, 5.74) is 0.571. The Hall–Kier alpha value is -2.34. The van der Waals surface area contributed by atoms with Crippen LogP contribution < -0.4 is 4.72 Å². The molecule has 0 bridgehead atoms. The summed E-state index contributed by atoms with van der Waals surface area (Å²) in [7, 11) is -3.80. The zero-order valence-electron chi connectivity index (χ0n) is 10.7. The van der Waals surface area contributed by atoms with Crippen molar-refractivity contribution >= 4 is 21.5 Å². The van der Waals surface area contributed by atoms with Crippen LogP contribution in [-0.2, 0) is 10.0 Å². The van der Waals surface area contributed by atoms with E-state index in [-0.39, 0.29) is 22.1 Å². The highest BCUT2D eigenvalue weighted by atomic mass is 32.2. The fourth-order valence-electron chi connectivity index (χ4n) is 1.67. The number of carbonyl (C=O) groups is 1. The zero-order chi connectivity index (χ0) is 14.8. The minimum Gasteiger partial charge on any atom is -0.508 e. The Kier molecular flexibility index (Phi) is 3.76. The SMILES string of the molecule is CC(=O)c1cccc(S(=O)(=O)Nc2cccc(O)c2)c1. The van der Waals surface area contributed by atoms with Gasteiger partial charge in [-0.05, 0) is 31.2 Å². The molecule has 0 atom stereocenters. The fraction of sp³-hybridized carbons (Fsp3) is 0.0714. The molecule has 0 aliphatic rings. The number of sulfonamides is 1. The normalized spacial score (nSPS) is 11.1. The van der Waals surface area contributed by atoms with Crippen LogP contribution in [0.2, 0.25) is 0 Å². The lowest BCUT2D eigenvalue weighted by Gasteiger charge is -2.09. The van der Waals surface area contributed by atoms with Gasteiger partial charge in [0.1, 0.15) is 5.75 Å². The highest BCUT2D eigenvalue weighted by Gasteiger charge is 2.15.